The molecule has 1 atom stereocenters. The topological polar surface area (TPSA) is 70.2 Å². The summed E-state index contributed by atoms with van der Waals surface area (Å²) in [6, 6.07) is 14.7. The van der Waals surface area contributed by atoms with Crippen LogP contribution in [0.1, 0.15) is 25.3 Å². The van der Waals surface area contributed by atoms with Crippen molar-refractivity contribution in [2.75, 3.05) is 16.0 Å². The molecule has 25 heavy (non-hydrogen) atoms. The lowest BCUT2D eigenvalue weighted by Crippen LogP contribution is -2.32. The molecule has 3 rings (SSSR count). The van der Waals surface area contributed by atoms with Crippen LogP contribution in [0.3, 0.4) is 0 Å². The molecule has 0 heterocycles. The van der Waals surface area contributed by atoms with Gasteiger partial charge in [-0.1, -0.05) is 18.2 Å². The van der Waals surface area contributed by atoms with Gasteiger partial charge in [0.1, 0.15) is 6.04 Å². The third-order valence-electron chi connectivity index (χ3n) is 4.28. The molecule has 1 aliphatic rings. The smallest absolute Gasteiger partial charge is 0.246 e. The second-order valence-electron chi connectivity index (χ2n) is 6.51. The Morgan fingerprint density at radius 2 is 1.60 bits per heavy atom. The summed E-state index contributed by atoms with van der Waals surface area (Å²) in [5.74, 6) is 0.176. The minimum Gasteiger partial charge on any atom is -0.374 e. The number of carbonyl (C=O) groups is 2. The Balaban J connectivity index is 1.54. The van der Waals surface area contributed by atoms with E-state index in [0.717, 1.165) is 35.5 Å². The zero-order chi connectivity index (χ0) is 17.8. The first-order chi connectivity index (χ1) is 12.0. The quantitative estimate of drug-likeness (QED) is 0.751. The van der Waals surface area contributed by atoms with Crippen molar-refractivity contribution in [3.8, 4) is 0 Å². The van der Waals surface area contributed by atoms with Gasteiger partial charge in [-0.2, -0.15) is 0 Å². The highest BCUT2D eigenvalue weighted by atomic mass is 16.2. The zero-order valence-electron chi connectivity index (χ0n) is 14.5. The van der Waals surface area contributed by atoms with E-state index in [1.54, 1.807) is 0 Å². The molecule has 2 aromatic carbocycles. The van der Waals surface area contributed by atoms with Gasteiger partial charge in [0.2, 0.25) is 11.8 Å². The fraction of sp³-hybridized carbons (Fsp3) is 0.300. The normalized spacial score (nSPS) is 14.5. The molecule has 1 fully saturated rings. The molecule has 0 radical (unpaired) electrons. The lowest BCUT2D eigenvalue weighted by atomic mass is 10.2. The fourth-order valence-electron chi connectivity index (χ4n) is 2.51. The maximum absolute atomic E-state index is 12.3. The van der Waals surface area contributed by atoms with E-state index >= 15 is 0 Å². The SMILES string of the molecule is Cc1ccccc1NC(=O)[C@H](C)Nc1ccc(NC(=O)C2CC2)cc1. The van der Waals surface area contributed by atoms with Crippen LogP contribution in [-0.2, 0) is 9.59 Å². The van der Waals surface area contributed by atoms with Gasteiger partial charge in [-0.15, -0.1) is 0 Å². The Morgan fingerprint density at radius 1 is 0.960 bits per heavy atom. The molecular weight excluding hydrogens is 314 g/mol. The minimum absolute atomic E-state index is 0.0895. The molecule has 0 saturated heterocycles. The van der Waals surface area contributed by atoms with Crippen LogP contribution < -0.4 is 16.0 Å². The molecule has 2 aromatic rings. The number of anilines is 3. The molecule has 5 nitrogen and oxygen atoms in total. The highest BCUT2D eigenvalue weighted by molar-refractivity contribution is 5.97. The van der Waals surface area contributed by atoms with Crippen molar-refractivity contribution in [1.82, 2.24) is 0 Å². The summed E-state index contributed by atoms with van der Waals surface area (Å²) in [4.78, 5) is 24.1. The van der Waals surface area contributed by atoms with Crippen LogP contribution in [-0.4, -0.2) is 17.9 Å². The fourth-order valence-corrected chi connectivity index (χ4v) is 2.51. The number of rotatable bonds is 6. The Morgan fingerprint density at radius 3 is 2.24 bits per heavy atom. The lowest BCUT2D eigenvalue weighted by molar-refractivity contribution is -0.117. The maximum atomic E-state index is 12.3. The maximum Gasteiger partial charge on any atom is 0.246 e. The molecule has 3 N–H and O–H groups in total. The van der Waals surface area contributed by atoms with Crippen molar-refractivity contribution in [3.63, 3.8) is 0 Å². The zero-order valence-corrected chi connectivity index (χ0v) is 14.5. The highest BCUT2D eigenvalue weighted by Gasteiger charge is 2.29. The summed E-state index contributed by atoms with van der Waals surface area (Å²) in [6.07, 6.45) is 1.97. The Bertz CT molecular complexity index is 767. The number of carbonyl (C=O) groups excluding carboxylic acids is 2. The number of para-hydroxylation sites is 1. The summed E-state index contributed by atoms with van der Waals surface area (Å²) < 4.78 is 0. The summed E-state index contributed by atoms with van der Waals surface area (Å²) >= 11 is 0. The molecule has 5 heteroatoms. The van der Waals surface area contributed by atoms with Crippen molar-refractivity contribution >= 4 is 28.9 Å². The van der Waals surface area contributed by atoms with Crippen LogP contribution in [0.15, 0.2) is 48.5 Å². The molecule has 1 aliphatic carbocycles. The molecule has 0 bridgehead atoms. The van der Waals surface area contributed by atoms with Gasteiger partial charge in [0.25, 0.3) is 0 Å². The molecule has 0 aromatic heterocycles. The van der Waals surface area contributed by atoms with Gasteiger partial charge < -0.3 is 16.0 Å². The largest absolute Gasteiger partial charge is 0.374 e. The van der Waals surface area contributed by atoms with Gasteiger partial charge >= 0.3 is 0 Å². The summed E-state index contributed by atoms with van der Waals surface area (Å²) in [5.41, 5.74) is 3.45. The second-order valence-corrected chi connectivity index (χ2v) is 6.51. The van der Waals surface area contributed by atoms with E-state index in [-0.39, 0.29) is 23.8 Å². The number of nitrogens with one attached hydrogen (secondary N) is 3. The van der Waals surface area contributed by atoms with Crippen molar-refractivity contribution < 1.29 is 9.59 Å². The van der Waals surface area contributed by atoms with Crippen LogP contribution in [0, 0.1) is 12.8 Å². The van der Waals surface area contributed by atoms with E-state index in [0.29, 0.717) is 0 Å². The minimum atomic E-state index is -0.383. The van der Waals surface area contributed by atoms with Crippen LogP contribution >= 0.6 is 0 Å². The average molecular weight is 337 g/mol. The van der Waals surface area contributed by atoms with Gasteiger partial charge in [0.05, 0.1) is 0 Å². The molecule has 130 valence electrons. The number of amides is 2. The van der Waals surface area contributed by atoms with Crippen LogP contribution in [0.5, 0.6) is 0 Å². The lowest BCUT2D eigenvalue weighted by Gasteiger charge is -2.16. The Labute approximate surface area is 147 Å². The standard InChI is InChI=1S/C20H23N3O2/c1-13-5-3-4-6-18(13)23-19(24)14(2)21-16-9-11-17(12-10-16)22-20(25)15-7-8-15/h3-6,9-12,14-15,21H,7-8H2,1-2H3,(H,22,25)(H,23,24)/t14-/m0/s1. The monoisotopic (exact) mass is 337 g/mol. The number of hydrogen-bond donors (Lipinski definition) is 3. The molecule has 0 unspecified atom stereocenters. The average Bonchev–Trinajstić information content (AvgIpc) is 3.43. The van der Waals surface area contributed by atoms with Gasteiger partial charge in [-0.3, -0.25) is 9.59 Å². The van der Waals surface area contributed by atoms with E-state index in [2.05, 4.69) is 16.0 Å². The van der Waals surface area contributed by atoms with Crippen molar-refractivity contribution in [2.24, 2.45) is 5.92 Å². The highest BCUT2D eigenvalue weighted by Crippen LogP contribution is 2.30. The van der Waals surface area contributed by atoms with Gasteiger partial charge in [-0.25, -0.2) is 0 Å². The van der Waals surface area contributed by atoms with Crippen molar-refractivity contribution in [1.29, 1.82) is 0 Å². The van der Waals surface area contributed by atoms with Crippen LogP contribution in [0.2, 0.25) is 0 Å². The molecular formula is C20H23N3O2. The number of aryl methyl sites for hydroxylation is 1. The summed E-state index contributed by atoms with van der Waals surface area (Å²) in [7, 11) is 0. The van der Waals surface area contributed by atoms with Crippen molar-refractivity contribution in [2.45, 2.75) is 32.7 Å². The van der Waals surface area contributed by atoms with E-state index in [4.69, 9.17) is 0 Å². The third-order valence-corrected chi connectivity index (χ3v) is 4.28. The Hall–Kier alpha value is -2.82. The molecule has 0 spiro atoms. The van der Waals surface area contributed by atoms with Crippen LogP contribution in [0.25, 0.3) is 0 Å². The molecule has 2 amide bonds. The predicted octanol–water partition coefficient (Wildman–Crippen LogP) is 3.78. The van der Waals surface area contributed by atoms with E-state index in [1.807, 2.05) is 62.4 Å². The van der Waals surface area contributed by atoms with Crippen molar-refractivity contribution in [3.05, 3.63) is 54.1 Å². The predicted molar refractivity (Wildman–Crippen MR) is 101 cm³/mol. The first-order valence-corrected chi connectivity index (χ1v) is 8.57. The van der Waals surface area contributed by atoms with E-state index in [9.17, 15) is 9.59 Å². The molecule has 1 saturated carbocycles. The number of benzene rings is 2. The summed E-state index contributed by atoms with van der Waals surface area (Å²) in [6.45, 7) is 3.78. The van der Waals surface area contributed by atoms with Gasteiger partial charge in [0.15, 0.2) is 0 Å². The van der Waals surface area contributed by atoms with Gasteiger partial charge in [-0.05, 0) is 62.6 Å². The first-order valence-electron chi connectivity index (χ1n) is 8.57. The van der Waals surface area contributed by atoms with Crippen LogP contribution in [0.4, 0.5) is 17.1 Å². The molecule has 0 aliphatic heterocycles. The van der Waals surface area contributed by atoms with E-state index in [1.165, 1.54) is 0 Å². The van der Waals surface area contributed by atoms with Gasteiger partial charge in [0, 0.05) is 23.0 Å². The number of hydrogen-bond acceptors (Lipinski definition) is 3. The summed E-state index contributed by atoms with van der Waals surface area (Å²) in [5, 5.41) is 9.00. The third kappa shape index (κ3) is 4.59. The van der Waals surface area contributed by atoms with E-state index < -0.39 is 0 Å². The second kappa shape index (κ2) is 7.38. The first kappa shape index (κ1) is 17.0. The Kier molecular flexibility index (Phi) is 5.03.